The molecule has 7 heteroatoms. The Hall–Kier alpha value is -9.07. The van der Waals surface area contributed by atoms with Crippen LogP contribution < -0.4 is 0 Å². The van der Waals surface area contributed by atoms with E-state index in [9.17, 15) is 0 Å². The standard InChI is InChI=1S/C59H39N7/c1-6-18-40(19-7-1)45-28-16-30-49(36-45)65-53-34-32-47(38-51(53)60-58(65)43-24-12-4-13-25-43)56-62-55(42-22-10-3-11-23-42)63-57(64-56)48-33-35-54-52(39-48)61-59(44-26-14-5-15-27-44)66(54)50-31-17-29-46(37-50)41-20-8-2-9-21-41/h1-39H. The van der Waals surface area contributed by atoms with Gasteiger partial charge in [0.2, 0.25) is 0 Å². The van der Waals surface area contributed by atoms with Crippen LogP contribution in [-0.4, -0.2) is 34.1 Å². The molecule has 0 spiro atoms. The Balaban J connectivity index is 1.00. The molecule has 310 valence electrons. The van der Waals surface area contributed by atoms with Gasteiger partial charge in [0.15, 0.2) is 17.5 Å². The van der Waals surface area contributed by atoms with Crippen LogP contribution in [0.15, 0.2) is 237 Å². The Morgan fingerprint density at radius 1 is 0.227 bits per heavy atom. The highest BCUT2D eigenvalue weighted by atomic mass is 15.1. The van der Waals surface area contributed by atoms with Crippen molar-refractivity contribution < 1.29 is 0 Å². The van der Waals surface area contributed by atoms with Gasteiger partial charge in [-0.3, -0.25) is 9.13 Å². The normalized spacial score (nSPS) is 11.3. The zero-order valence-electron chi connectivity index (χ0n) is 35.6. The van der Waals surface area contributed by atoms with Crippen molar-refractivity contribution in [3.63, 3.8) is 0 Å². The summed E-state index contributed by atoms with van der Waals surface area (Å²) in [6, 6.07) is 81.6. The molecule has 3 aromatic heterocycles. The molecule has 0 radical (unpaired) electrons. The molecular weight excluding hydrogens is 807 g/mol. The molecule has 0 unspecified atom stereocenters. The molecule has 0 fully saturated rings. The number of aromatic nitrogens is 7. The van der Waals surface area contributed by atoms with Gasteiger partial charge < -0.3 is 0 Å². The Kier molecular flexibility index (Phi) is 9.69. The molecule has 0 aliphatic heterocycles. The zero-order chi connectivity index (χ0) is 43.8. The van der Waals surface area contributed by atoms with Gasteiger partial charge in [-0.2, -0.15) is 0 Å². The molecule has 3 heterocycles. The lowest BCUT2D eigenvalue weighted by molar-refractivity contribution is 1.07. The van der Waals surface area contributed by atoms with Crippen LogP contribution in [0.1, 0.15) is 0 Å². The van der Waals surface area contributed by atoms with Crippen molar-refractivity contribution in [1.82, 2.24) is 34.1 Å². The van der Waals surface area contributed by atoms with E-state index in [-0.39, 0.29) is 0 Å². The molecule has 0 atom stereocenters. The number of hydrogen-bond acceptors (Lipinski definition) is 5. The third kappa shape index (κ3) is 7.20. The van der Waals surface area contributed by atoms with Crippen LogP contribution >= 0.6 is 0 Å². The zero-order valence-corrected chi connectivity index (χ0v) is 35.6. The highest BCUT2D eigenvalue weighted by Crippen LogP contribution is 2.36. The Bertz CT molecular complexity index is 3460. The third-order valence-corrected chi connectivity index (χ3v) is 12.0. The third-order valence-electron chi connectivity index (χ3n) is 12.0. The summed E-state index contributed by atoms with van der Waals surface area (Å²) in [5.74, 6) is 3.39. The predicted molar refractivity (Wildman–Crippen MR) is 267 cm³/mol. The van der Waals surface area contributed by atoms with Gasteiger partial charge in [0.05, 0.1) is 22.1 Å². The Labute approximate surface area is 381 Å². The number of rotatable bonds is 9. The average Bonchev–Trinajstić information content (AvgIpc) is 3.99. The summed E-state index contributed by atoms with van der Waals surface area (Å²) >= 11 is 0. The summed E-state index contributed by atoms with van der Waals surface area (Å²) in [5.41, 5.74) is 14.8. The quantitative estimate of drug-likeness (QED) is 0.145. The van der Waals surface area contributed by atoms with Gasteiger partial charge in [-0.15, -0.1) is 0 Å². The number of hydrogen-bond donors (Lipinski definition) is 0. The lowest BCUT2D eigenvalue weighted by atomic mass is 10.0. The minimum atomic E-state index is 0.552. The number of imidazole rings is 2. The van der Waals surface area contributed by atoms with E-state index >= 15 is 0 Å². The number of fused-ring (bicyclic) bond motifs is 2. The molecule has 66 heavy (non-hydrogen) atoms. The topological polar surface area (TPSA) is 74.3 Å². The fourth-order valence-electron chi connectivity index (χ4n) is 8.78. The van der Waals surface area contributed by atoms with Crippen LogP contribution in [0.3, 0.4) is 0 Å². The molecule has 0 aliphatic carbocycles. The maximum absolute atomic E-state index is 5.31. The van der Waals surface area contributed by atoms with Gasteiger partial charge in [-0.25, -0.2) is 24.9 Å². The first kappa shape index (κ1) is 38.6. The average molecular weight is 846 g/mol. The summed E-state index contributed by atoms with van der Waals surface area (Å²) in [5, 5.41) is 0. The maximum atomic E-state index is 5.31. The van der Waals surface area contributed by atoms with Crippen molar-refractivity contribution in [1.29, 1.82) is 0 Å². The minimum absolute atomic E-state index is 0.552. The second-order valence-electron chi connectivity index (χ2n) is 16.2. The molecule has 0 saturated carbocycles. The van der Waals surface area contributed by atoms with Crippen molar-refractivity contribution in [3.05, 3.63) is 237 Å². The first-order valence-corrected chi connectivity index (χ1v) is 22.0. The first-order chi connectivity index (χ1) is 32.7. The lowest BCUT2D eigenvalue weighted by Crippen LogP contribution is -2.00. The predicted octanol–water partition coefficient (Wildman–Crippen LogP) is 14.2. The largest absolute Gasteiger partial charge is 0.292 e. The SMILES string of the molecule is c1ccc(-c2cccc(-n3c(-c4ccccc4)nc4cc(-c5nc(-c6ccccc6)nc(-c6ccc7c(c6)nc(-c6ccccc6)n7-c6cccc(-c7ccccc7)c6)n5)ccc43)c2)cc1. The maximum Gasteiger partial charge on any atom is 0.164 e. The number of benzene rings is 9. The summed E-state index contributed by atoms with van der Waals surface area (Å²) in [6.45, 7) is 0. The van der Waals surface area contributed by atoms with Crippen LogP contribution in [-0.2, 0) is 0 Å². The molecule has 0 aliphatic rings. The minimum Gasteiger partial charge on any atom is -0.292 e. The van der Waals surface area contributed by atoms with Crippen LogP contribution in [0.2, 0.25) is 0 Å². The van der Waals surface area contributed by atoms with Crippen LogP contribution in [0, 0.1) is 0 Å². The Morgan fingerprint density at radius 3 is 0.955 bits per heavy atom. The molecule has 12 aromatic rings. The van der Waals surface area contributed by atoms with E-state index < -0.39 is 0 Å². The van der Waals surface area contributed by atoms with E-state index in [1.54, 1.807) is 0 Å². The molecule has 9 aromatic carbocycles. The fourth-order valence-corrected chi connectivity index (χ4v) is 8.78. The van der Waals surface area contributed by atoms with Gasteiger partial charge >= 0.3 is 0 Å². The van der Waals surface area contributed by atoms with Gasteiger partial charge in [-0.1, -0.05) is 176 Å². The van der Waals surface area contributed by atoms with Crippen LogP contribution in [0.5, 0.6) is 0 Å². The molecule has 0 saturated heterocycles. The molecule has 0 amide bonds. The van der Waals surface area contributed by atoms with Gasteiger partial charge in [-0.05, 0) is 82.9 Å². The van der Waals surface area contributed by atoms with E-state index in [0.717, 1.165) is 95.2 Å². The summed E-state index contributed by atoms with van der Waals surface area (Å²) in [6.07, 6.45) is 0. The van der Waals surface area contributed by atoms with Crippen molar-refractivity contribution >= 4 is 22.1 Å². The van der Waals surface area contributed by atoms with Crippen molar-refractivity contribution in [2.24, 2.45) is 0 Å². The summed E-state index contributed by atoms with van der Waals surface area (Å²) in [7, 11) is 0. The summed E-state index contributed by atoms with van der Waals surface area (Å²) < 4.78 is 4.48. The van der Waals surface area contributed by atoms with Crippen LogP contribution in [0.4, 0.5) is 0 Å². The highest BCUT2D eigenvalue weighted by Gasteiger charge is 2.20. The van der Waals surface area contributed by atoms with E-state index in [1.807, 2.05) is 54.6 Å². The first-order valence-electron chi connectivity index (χ1n) is 22.0. The smallest absolute Gasteiger partial charge is 0.164 e. The van der Waals surface area contributed by atoms with E-state index in [2.05, 4.69) is 191 Å². The van der Waals surface area contributed by atoms with Gasteiger partial charge in [0, 0.05) is 39.2 Å². The molecule has 7 nitrogen and oxygen atoms in total. The van der Waals surface area contributed by atoms with Gasteiger partial charge in [0.25, 0.3) is 0 Å². The summed E-state index contributed by atoms with van der Waals surface area (Å²) in [4.78, 5) is 26.0. The Morgan fingerprint density at radius 2 is 0.561 bits per heavy atom. The van der Waals surface area contributed by atoms with Crippen LogP contribution in [0.25, 0.3) is 113 Å². The molecular formula is C59H39N7. The van der Waals surface area contributed by atoms with Crippen molar-refractivity contribution in [3.8, 4) is 90.6 Å². The lowest BCUT2D eigenvalue weighted by Gasteiger charge is -2.12. The van der Waals surface area contributed by atoms with E-state index in [0.29, 0.717) is 17.5 Å². The molecule has 0 N–H and O–H groups in total. The van der Waals surface area contributed by atoms with Crippen molar-refractivity contribution in [2.75, 3.05) is 0 Å². The van der Waals surface area contributed by atoms with Gasteiger partial charge in [0.1, 0.15) is 11.6 Å². The van der Waals surface area contributed by atoms with Crippen molar-refractivity contribution in [2.45, 2.75) is 0 Å². The second-order valence-corrected chi connectivity index (χ2v) is 16.2. The second kappa shape index (κ2) is 16.6. The molecule has 0 bridgehead atoms. The number of nitrogens with zero attached hydrogens (tertiary/aromatic N) is 7. The highest BCUT2D eigenvalue weighted by molar-refractivity contribution is 5.89. The monoisotopic (exact) mass is 845 g/mol. The fraction of sp³-hybridized carbons (Fsp3) is 0. The molecule has 12 rings (SSSR count). The van der Waals surface area contributed by atoms with E-state index in [4.69, 9.17) is 24.9 Å². The van der Waals surface area contributed by atoms with E-state index in [1.165, 1.54) is 0 Å².